The number of benzene rings is 3. The van der Waals surface area contributed by atoms with Gasteiger partial charge in [0.1, 0.15) is 5.75 Å². The van der Waals surface area contributed by atoms with E-state index < -0.39 is 6.61 Å². The van der Waals surface area contributed by atoms with Gasteiger partial charge in [-0.15, -0.1) is 0 Å². The molecule has 3 aromatic rings. The summed E-state index contributed by atoms with van der Waals surface area (Å²) in [6.07, 6.45) is 2.61. The van der Waals surface area contributed by atoms with Crippen LogP contribution in [0.4, 0.5) is 8.78 Å². The Morgan fingerprint density at radius 1 is 0.880 bits per heavy atom. The van der Waals surface area contributed by atoms with Crippen LogP contribution in [0.15, 0.2) is 54.6 Å². The van der Waals surface area contributed by atoms with Crippen molar-refractivity contribution in [3.05, 3.63) is 65.7 Å². The number of alkyl halides is 2. The van der Waals surface area contributed by atoms with Crippen LogP contribution in [0.2, 0.25) is 0 Å². The fourth-order valence-electron chi connectivity index (χ4n) is 3.15. The molecule has 0 aliphatic rings. The molecule has 0 saturated carbocycles. The zero-order valence-corrected chi connectivity index (χ0v) is 14.6. The molecule has 3 heteroatoms. The molecular weight excluding hydrogens is 318 g/mol. The lowest BCUT2D eigenvalue weighted by Crippen LogP contribution is -2.05. The first-order valence-corrected chi connectivity index (χ1v) is 8.72. The molecule has 0 atom stereocenters. The van der Waals surface area contributed by atoms with Crippen molar-refractivity contribution in [1.29, 1.82) is 0 Å². The van der Waals surface area contributed by atoms with Crippen molar-refractivity contribution in [3.8, 4) is 16.9 Å². The third kappa shape index (κ3) is 3.81. The van der Waals surface area contributed by atoms with Gasteiger partial charge in [-0.05, 0) is 46.5 Å². The second kappa shape index (κ2) is 7.64. The standard InChI is InChI=1S/C22H22F2O/c1-3-5-17-10-11-19-14-18(16-8-6-15(4-2)7-9-16)12-13-20(19)21(17)25-22(23)24/h6-14,22H,3-5H2,1-2H3. The second-order valence-corrected chi connectivity index (χ2v) is 6.17. The Bertz CT molecular complexity index is 854. The average molecular weight is 340 g/mol. The van der Waals surface area contributed by atoms with Crippen LogP contribution in [0, 0.1) is 0 Å². The van der Waals surface area contributed by atoms with Crippen LogP contribution in [0.5, 0.6) is 5.75 Å². The van der Waals surface area contributed by atoms with Crippen molar-refractivity contribution in [2.45, 2.75) is 39.7 Å². The van der Waals surface area contributed by atoms with E-state index in [9.17, 15) is 8.78 Å². The van der Waals surface area contributed by atoms with Gasteiger partial charge in [0.05, 0.1) is 0 Å². The fourth-order valence-corrected chi connectivity index (χ4v) is 3.15. The molecular formula is C22H22F2O. The maximum atomic E-state index is 12.9. The maximum absolute atomic E-state index is 12.9. The normalized spacial score (nSPS) is 11.2. The van der Waals surface area contributed by atoms with Crippen LogP contribution in [-0.2, 0) is 12.8 Å². The van der Waals surface area contributed by atoms with Gasteiger partial charge in [0.25, 0.3) is 0 Å². The first kappa shape index (κ1) is 17.4. The van der Waals surface area contributed by atoms with Crippen LogP contribution in [0.25, 0.3) is 21.9 Å². The molecule has 0 aliphatic carbocycles. The van der Waals surface area contributed by atoms with E-state index in [1.54, 1.807) is 0 Å². The minimum atomic E-state index is -2.82. The van der Waals surface area contributed by atoms with Gasteiger partial charge < -0.3 is 4.74 Å². The number of rotatable bonds is 6. The van der Waals surface area contributed by atoms with Gasteiger partial charge in [-0.3, -0.25) is 0 Å². The van der Waals surface area contributed by atoms with E-state index in [0.717, 1.165) is 46.7 Å². The third-order valence-corrected chi connectivity index (χ3v) is 4.47. The topological polar surface area (TPSA) is 9.23 Å². The van der Waals surface area contributed by atoms with Crippen molar-refractivity contribution in [1.82, 2.24) is 0 Å². The summed E-state index contributed by atoms with van der Waals surface area (Å²) in [6, 6.07) is 18.2. The predicted octanol–water partition coefficient (Wildman–Crippen LogP) is 6.62. The molecule has 3 rings (SSSR count). The van der Waals surface area contributed by atoms with Crippen LogP contribution in [0.1, 0.15) is 31.4 Å². The summed E-state index contributed by atoms with van der Waals surface area (Å²) >= 11 is 0. The Morgan fingerprint density at radius 3 is 2.24 bits per heavy atom. The zero-order chi connectivity index (χ0) is 17.8. The average Bonchev–Trinajstić information content (AvgIpc) is 2.63. The van der Waals surface area contributed by atoms with Gasteiger partial charge in [-0.2, -0.15) is 8.78 Å². The highest BCUT2D eigenvalue weighted by Gasteiger charge is 2.14. The number of halogens is 2. The molecule has 0 amide bonds. The first-order chi connectivity index (χ1) is 12.1. The van der Waals surface area contributed by atoms with E-state index >= 15 is 0 Å². The van der Waals surface area contributed by atoms with Gasteiger partial charge in [-0.1, -0.05) is 68.8 Å². The van der Waals surface area contributed by atoms with Gasteiger partial charge >= 0.3 is 6.61 Å². The summed E-state index contributed by atoms with van der Waals surface area (Å²) in [5.74, 6) is 0.308. The SMILES string of the molecule is CCCc1ccc2cc(-c3ccc(CC)cc3)ccc2c1OC(F)F. The molecule has 0 fully saturated rings. The highest BCUT2D eigenvalue weighted by atomic mass is 19.3. The molecule has 0 heterocycles. The van der Waals surface area contributed by atoms with Crippen LogP contribution in [0.3, 0.4) is 0 Å². The molecule has 0 aliphatic heterocycles. The molecule has 0 saturated heterocycles. The molecule has 25 heavy (non-hydrogen) atoms. The van der Waals surface area contributed by atoms with Crippen molar-refractivity contribution in [2.24, 2.45) is 0 Å². The molecule has 0 aromatic heterocycles. The van der Waals surface area contributed by atoms with Gasteiger partial charge in [-0.25, -0.2) is 0 Å². The van der Waals surface area contributed by atoms with Crippen LogP contribution in [-0.4, -0.2) is 6.61 Å². The number of hydrogen-bond acceptors (Lipinski definition) is 1. The quantitative estimate of drug-likeness (QED) is 0.490. The van der Waals surface area contributed by atoms with E-state index in [0.29, 0.717) is 5.75 Å². The van der Waals surface area contributed by atoms with Crippen LogP contribution >= 0.6 is 0 Å². The summed E-state index contributed by atoms with van der Waals surface area (Å²) in [5.41, 5.74) is 4.31. The number of aryl methyl sites for hydroxylation is 2. The van der Waals surface area contributed by atoms with Gasteiger partial charge in [0, 0.05) is 5.39 Å². The van der Waals surface area contributed by atoms with E-state index in [2.05, 4.69) is 31.2 Å². The Hall–Kier alpha value is -2.42. The Kier molecular flexibility index (Phi) is 5.32. The highest BCUT2D eigenvalue weighted by molar-refractivity contribution is 5.93. The van der Waals surface area contributed by atoms with E-state index in [1.807, 2.05) is 37.3 Å². The first-order valence-electron chi connectivity index (χ1n) is 8.72. The molecule has 1 nitrogen and oxygen atoms in total. The molecule has 0 spiro atoms. The summed E-state index contributed by atoms with van der Waals surface area (Å²) in [5, 5.41) is 1.65. The summed E-state index contributed by atoms with van der Waals surface area (Å²) in [6.45, 7) is 1.34. The molecule has 0 N–H and O–H groups in total. The minimum Gasteiger partial charge on any atom is -0.434 e. The molecule has 0 unspecified atom stereocenters. The van der Waals surface area contributed by atoms with Crippen molar-refractivity contribution >= 4 is 10.8 Å². The largest absolute Gasteiger partial charge is 0.434 e. The lowest BCUT2D eigenvalue weighted by Gasteiger charge is -2.14. The maximum Gasteiger partial charge on any atom is 0.387 e. The van der Waals surface area contributed by atoms with Crippen molar-refractivity contribution < 1.29 is 13.5 Å². The number of ether oxygens (including phenoxy) is 1. The van der Waals surface area contributed by atoms with E-state index in [4.69, 9.17) is 4.74 Å². The number of fused-ring (bicyclic) bond motifs is 1. The second-order valence-electron chi connectivity index (χ2n) is 6.17. The summed E-state index contributed by atoms with van der Waals surface area (Å²) in [7, 11) is 0. The van der Waals surface area contributed by atoms with Crippen molar-refractivity contribution in [3.63, 3.8) is 0 Å². The third-order valence-electron chi connectivity index (χ3n) is 4.47. The Labute approximate surface area is 147 Å². The van der Waals surface area contributed by atoms with Crippen molar-refractivity contribution in [2.75, 3.05) is 0 Å². The lowest BCUT2D eigenvalue weighted by molar-refractivity contribution is -0.0493. The van der Waals surface area contributed by atoms with Crippen LogP contribution < -0.4 is 4.74 Å². The molecule has 130 valence electrons. The van der Waals surface area contributed by atoms with Gasteiger partial charge in [0.15, 0.2) is 0 Å². The lowest BCUT2D eigenvalue weighted by atomic mass is 9.97. The molecule has 0 bridgehead atoms. The van der Waals surface area contributed by atoms with E-state index in [1.165, 1.54) is 5.56 Å². The van der Waals surface area contributed by atoms with E-state index in [-0.39, 0.29) is 0 Å². The van der Waals surface area contributed by atoms with Gasteiger partial charge in [0.2, 0.25) is 0 Å². The highest BCUT2D eigenvalue weighted by Crippen LogP contribution is 2.34. The smallest absolute Gasteiger partial charge is 0.387 e. The summed E-state index contributed by atoms with van der Waals surface area (Å²) < 4.78 is 30.6. The predicted molar refractivity (Wildman–Crippen MR) is 99.4 cm³/mol. The monoisotopic (exact) mass is 340 g/mol. The fraction of sp³-hybridized carbons (Fsp3) is 0.273. The zero-order valence-electron chi connectivity index (χ0n) is 14.6. The molecule has 3 aromatic carbocycles. The Morgan fingerprint density at radius 2 is 1.60 bits per heavy atom. The molecule has 0 radical (unpaired) electrons. The summed E-state index contributed by atoms with van der Waals surface area (Å²) in [4.78, 5) is 0. The number of hydrogen-bond donors (Lipinski definition) is 0. The minimum absolute atomic E-state index is 0.308. The Balaban J connectivity index is 2.06.